The van der Waals surface area contributed by atoms with Crippen LogP contribution in [0.2, 0.25) is 0 Å². The molecule has 14 heavy (non-hydrogen) atoms. The van der Waals surface area contributed by atoms with Crippen molar-refractivity contribution in [1.29, 1.82) is 5.26 Å². The lowest BCUT2D eigenvalue weighted by atomic mass is 10.1. The number of rotatable bonds is 3. The van der Waals surface area contributed by atoms with Crippen molar-refractivity contribution >= 4 is 6.21 Å². The minimum atomic E-state index is 0.710. The second kappa shape index (κ2) is 6.85. The number of hydrogen-bond acceptors (Lipinski definition) is 2. The smallest absolute Gasteiger partial charge is 0.0944 e. The van der Waals surface area contributed by atoms with Crippen molar-refractivity contribution in [3.8, 4) is 6.07 Å². The Kier molecular flexibility index (Phi) is 6.06. The van der Waals surface area contributed by atoms with E-state index in [1.54, 1.807) is 20.2 Å². The van der Waals surface area contributed by atoms with Gasteiger partial charge in [0.15, 0.2) is 0 Å². The molecule has 0 aliphatic rings. The van der Waals surface area contributed by atoms with Crippen LogP contribution in [-0.4, -0.2) is 13.3 Å². The summed E-state index contributed by atoms with van der Waals surface area (Å²) < 4.78 is 0. The Hall–Kier alpha value is -1.62. The van der Waals surface area contributed by atoms with Crippen molar-refractivity contribution in [2.75, 3.05) is 7.05 Å². The minimum absolute atomic E-state index is 0.710. The lowest BCUT2D eigenvalue weighted by Gasteiger charge is -1.97. The average molecular weight is 188 g/mol. The summed E-state index contributed by atoms with van der Waals surface area (Å²) in [5.41, 5.74) is 3.00. The summed E-state index contributed by atoms with van der Waals surface area (Å²) >= 11 is 0. The van der Waals surface area contributed by atoms with Crippen LogP contribution in [0.15, 0.2) is 39.9 Å². The standard InChI is InChI=1S/C12H16N2/c1-10(9-13)5-6-11(2)12(3)7-8-14-4/h5-8H,1-4H3/b10-5+,11-6-,12-7+,14-8?. The highest BCUT2D eigenvalue weighted by Gasteiger charge is 1.89. The molecule has 2 heteroatoms. The fourth-order valence-electron chi connectivity index (χ4n) is 0.736. The second-order valence-electron chi connectivity index (χ2n) is 3.07. The van der Waals surface area contributed by atoms with Gasteiger partial charge in [-0.15, -0.1) is 0 Å². The monoisotopic (exact) mass is 188 g/mol. The molecule has 0 radical (unpaired) electrons. The minimum Gasteiger partial charge on any atom is -0.297 e. The summed E-state index contributed by atoms with van der Waals surface area (Å²) in [6, 6.07) is 2.07. The number of nitriles is 1. The molecule has 0 bridgehead atoms. The molecule has 0 unspecified atom stereocenters. The first kappa shape index (κ1) is 12.4. The summed E-state index contributed by atoms with van der Waals surface area (Å²) in [6.07, 6.45) is 7.46. The molecule has 0 saturated heterocycles. The third-order valence-electron chi connectivity index (χ3n) is 1.86. The fourth-order valence-corrected chi connectivity index (χ4v) is 0.736. The third-order valence-corrected chi connectivity index (χ3v) is 1.86. The molecule has 0 heterocycles. The predicted molar refractivity (Wildman–Crippen MR) is 61.3 cm³/mol. The third kappa shape index (κ3) is 5.10. The molecule has 0 aliphatic heterocycles. The zero-order valence-corrected chi connectivity index (χ0v) is 9.20. The molecule has 0 N–H and O–H groups in total. The van der Waals surface area contributed by atoms with Crippen LogP contribution >= 0.6 is 0 Å². The quantitative estimate of drug-likeness (QED) is 0.381. The molecule has 74 valence electrons. The van der Waals surface area contributed by atoms with E-state index in [0.717, 1.165) is 11.1 Å². The maximum absolute atomic E-state index is 8.54. The van der Waals surface area contributed by atoms with Gasteiger partial charge in [0.1, 0.15) is 0 Å². The highest BCUT2D eigenvalue weighted by molar-refractivity contribution is 5.73. The average Bonchev–Trinajstić information content (AvgIpc) is 2.21. The van der Waals surface area contributed by atoms with Gasteiger partial charge in [0.2, 0.25) is 0 Å². The molecule has 0 rings (SSSR count). The lowest BCUT2D eigenvalue weighted by Crippen LogP contribution is -1.80. The van der Waals surface area contributed by atoms with Crippen molar-refractivity contribution in [2.24, 2.45) is 4.99 Å². The van der Waals surface area contributed by atoms with Gasteiger partial charge in [0.05, 0.1) is 6.07 Å². The van der Waals surface area contributed by atoms with E-state index in [9.17, 15) is 0 Å². The van der Waals surface area contributed by atoms with Crippen molar-refractivity contribution in [3.63, 3.8) is 0 Å². The Balaban J connectivity index is 4.63. The molecule has 0 amide bonds. The molecule has 0 aliphatic carbocycles. The second-order valence-corrected chi connectivity index (χ2v) is 3.07. The van der Waals surface area contributed by atoms with Gasteiger partial charge < -0.3 is 0 Å². The van der Waals surface area contributed by atoms with Crippen LogP contribution in [0.5, 0.6) is 0 Å². The van der Waals surface area contributed by atoms with E-state index in [1.807, 2.05) is 32.1 Å². The maximum Gasteiger partial charge on any atom is 0.0944 e. The van der Waals surface area contributed by atoms with Crippen molar-refractivity contribution in [1.82, 2.24) is 0 Å². The van der Waals surface area contributed by atoms with E-state index in [2.05, 4.69) is 11.1 Å². The molecule has 0 aromatic carbocycles. The first-order valence-corrected chi connectivity index (χ1v) is 4.46. The summed E-state index contributed by atoms with van der Waals surface area (Å²) in [7, 11) is 1.74. The lowest BCUT2D eigenvalue weighted by molar-refractivity contribution is 1.34. The van der Waals surface area contributed by atoms with Gasteiger partial charge in [-0.2, -0.15) is 5.26 Å². The van der Waals surface area contributed by atoms with E-state index < -0.39 is 0 Å². The molecule has 0 atom stereocenters. The number of allylic oxidation sites excluding steroid dienone is 6. The number of nitrogens with zero attached hydrogens (tertiary/aromatic N) is 2. The Morgan fingerprint density at radius 1 is 1.07 bits per heavy atom. The molecule has 0 saturated carbocycles. The SMILES string of the molecule is CN=C/C=C(C)/C(C)=C\C=C(/C)C#N. The predicted octanol–water partition coefficient (Wildman–Crippen LogP) is 3.05. The van der Waals surface area contributed by atoms with Gasteiger partial charge in [-0.25, -0.2) is 0 Å². The molecule has 2 nitrogen and oxygen atoms in total. The number of aliphatic imine (C=N–C) groups is 1. The zero-order chi connectivity index (χ0) is 11.0. The first-order chi connectivity index (χ1) is 6.61. The largest absolute Gasteiger partial charge is 0.297 e. The van der Waals surface area contributed by atoms with Gasteiger partial charge in [-0.1, -0.05) is 6.08 Å². The first-order valence-electron chi connectivity index (χ1n) is 4.46. The van der Waals surface area contributed by atoms with Gasteiger partial charge >= 0.3 is 0 Å². The van der Waals surface area contributed by atoms with Crippen LogP contribution in [-0.2, 0) is 0 Å². The van der Waals surface area contributed by atoms with Crippen LogP contribution in [0.3, 0.4) is 0 Å². The van der Waals surface area contributed by atoms with Crippen LogP contribution in [0.1, 0.15) is 20.8 Å². The van der Waals surface area contributed by atoms with Crippen LogP contribution < -0.4 is 0 Å². The maximum atomic E-state index is 8.54. The van der Waals surface area contributed by atoms with E-state index in [1.165, 1.54) is 0 Å². The summed E-state index contributed by atoms with van der Waals surface area (Å²) in [4.78, 5) is 3.87. The van der Waals surface area contributed by atoms with Crippen LogP contribution in [0, 0.1) is 11.3 Å². The normalized spacial score (nSPS) is 14.6. The highest BCUT2D eigenvalue weighted by atomic mass is 14.6. The van der Waals surface area contributed by atoms with Crippen molar-refractivity contribution in [3.05, 3.63) is 34.9 Å². The molecule has 0 spiro atoms. The summed E-state index contributed by atoms with van der Waals surface area (Å²) in [5.74, 6) is 0. The topological polar surface area (TPSA) is 36.1 Å². The Bertz CT molecular complexity index is 336. The van der Waals surface area contributed by atoms with Gasteiger partial charge in [-0.05, 0) is 44.1 Å². The van der Waals surface area contributed by atoms with E-state index in [4.69, 9.17) is 5.26 Å². The Morgan fingerprint density at radius 3 is 2.14 bits per heavy atom. The van der Waals surface area contributed by atoms with E-state index in [-0.39, 0.29) is 0 Å². The molecule has 0 aromatic rings. The fraction of sp³-hybridized carbons (Fsp3) is 0.333. The molecular weight excluding hydrogens is 172 g/mol. The molecule has 0 fully saturated rings. The van der Waals surface area contributed by atoms with Crippen LogP contribution in [0.4, 0.5) is 0 Å². The molecular formula is C12H16N2. The van der Waals surface area contributed by atoms with Crippen molar-refractivity contribution < 1.29 is 0 Å². The zero-order valence-electron chi connectivity index (χ0n) is 9.20. The van der Waals surface area contributed by atoms with E-state index in [0.29, 0.717) is 5.57 Å². The van der Waals surface area contributed by atoms with Gasteiger partial charge in [0, 0.05) is 18.8 Å². The van der Waals surface area contributed by atoms with Gasteiger partial charge in [-0.3, -0.25) is 4.99 Å². The summed E-state index contributed by atoms with van der Waals surface area (Å²) in [6.45, 7) is 5.82. The Morgan fingerprint density at radius 2 is 1.64 bits per heavy atom. The summed E-state index contributed by atoms with van der Waals surface area (Å²) in [5, 5.41) is 8.54. The Labute approximate surface area is 86.0 Å². The number of hydrogen-bond donors (Lipinski definition) is 0. The molecule has 0 aromatic heterocycles. The van der Waals surface area contributed by atoms with Crippen LogP contribution in [0.25, 0.3) is 0 Å². The van der Waals surface area contributed by atoms with E-state index >= 15 is 0 Å². The van der Waals surface area contributed by atoms with Crippen molar-refractivity contribution in [2.45, 2.75) is 20.8 Å². The van der Waals surface area contributed by atoms with Gasteiger partial charge in [0.25, 0.3) is 0 Å². The highest BCUT2D eigenvalue weighted by Crippen LogP contribution is 2.07.